The maximum absolute atomic E-state index is 12.7. The van der Waals surface area contributed by atoms with Gasteiger partial charge in [-0.15, -0.1) is 0 Å². The smallest absolute Gasteiger partial charge is 0.220 e. The van der Waals surface area contributed by atoms with Crippen LogP contribution in [0.3, 0.4) is 0 Å². The van der Waals surface area contributed by atoms with Crippen molar-refractivity contribution in [1.82, 2.24) is 5.32 Å². The molecular formula is C33H65NO9. The molecule has 0 bridgehead atoms. The minimum atomic E-state index is -1.60. The number of rotatable bonds is 27. The SMILES string of the molecule is CCCCCCCCCCCCCCCCCCCC(=O)N[C@@H](CO[C@H]1O[C@H](CO)[C@H](O)[C@H](O)[C@H]1O)[C@H](O)[C@H](O)CCC. The topological polar surface area (TPSA) is 169 Å². The van der Waals surface area contributed by atoms with Gasteiger partial charge in [-0.25, -0.2) is 0 Å². The molecule has 0 radical (unpaired) electrons. The number of carbonyl (C=O) groups excluding carboxylic acids is 1. The second-order valence-electron chi connectivity index (χ2n) is 12.5. The van der Waals surface area contributed by atoms with Crippen LogP contribution in [0.1, 0.15) is 142 Å². The zero-order valence-electron chi connectivity index (χ0n) is 27.1. The molecule has 10 nitrogen and oxygen atoms in total. The molecule has 0 saturated carbocycles. The normalized spacial score (nSPS) is 24.5. The molecule has 0 aromatic heterocycles. The molecule has 1 saturated heterocycles. The predicted molar refractivity (Wildman–Crippen MR) is 167 cm³/mol. The van der Waals surface area contributed by atoms with Crippen molar-refractivity contribution in [2.75, 3.05) is 13.2 Å². The van der Waals surface area contributed by atoms with Crippen molar-refractivity contribution >= 4 is 5.91 Å². The number of nitrogens with one attached hydrogen (secondary N) is 1. The van der Waals surface area contributed by atoms with Gasteiger partial charge in [0, 0.05) is 6.42 Å². The Kier molecular flexibility index (Phi) is 23.7. The van der Waals surface area contributed by atoms with Gasteiger partial charge in [0.25, 0.3) is 0 Å². The molecule has 0 aliphatic carbocycles. The first-order valence-electron chi connectivity index (χ1n) is 17.3. The minimum Gasteiger partial charge on any atom is -0.394 e. The standard InChI is InChI=1S/C33H65NO9/c1-3-5-6-7-8-9-10-11-12-13-14-15-16-17-18-19-20-22-28(37)34-25(29(38)26(36)21-4-2)24-42-33-32(41)31(40)30(39)27(23-35)43-33/h25-27,29-33,35-36,38-41H,3-24H2,1-2H3,(H,34,37)/t25-,26+,27+,29-,30-,31-,32+,33-/m0/s1. The van der Waals surface area contributed by atoms with Gasteiger partial charge in [0.2, 0.25) is 5.91 Å². The van der Waals surface area contributed by atoms with E-state index < -0.39 is 55.6 Å². The predicted octanol–water partition coefficient (Wildman–Crippen LogP) is 3.85. The molecule has 1 fully saturated rings. The fourth-order valence-electron chi connectivity index (χ4n) is 5.65. The highest BCUT2D eigenvalue weighted by atomic mass is 16.7. The van der Waals surface area contributed by atoms with Gasteiger partial charge in [-0.3, -0.25) is 4.79 Å². The summed E-state index contributed by atoms with van der Waals surface area (Å²) >= 11 is 0. The van der Waals surface area contributed by atoms with Crippen molar-refractivity contribution in [1.29, 1.82) is 0 Å². The monoisotopic (exact) mass is 619 g/mol. The quantitative estimate of drug-likeness (QED) is 0.0675. The summed E-state index contributed by atoms with van der Waals surface area (Å²) in [6.45, 7) is 3.22. The first-order valence-corrected chi connectivity index (χ1v) is 17.3. The van der Waals surface area contributed by atoms with Gasteiger partial charge in [0.15, 0.2) is 6.29 Å². The molecule has 1 amide bonds. The van der Waals surface area contributed by atoms with Crippen LogP contribution in [-0.2, 0) is 14.3 Å². The van der Waals surface area contributed by atoms with E-state index in [0.717, 1.165) is 25.7 Å². The van der Waals surface area contributed by atoms with Gasteiger partial charge in [-0.05, 0) is 12.8 Å². The van der Waals surface area contributed by atoms with Gasteiger partial charge >= 0.3 is 0 Å². The zero-order chi connectivity index (χ0) is 31.9. The van der Waals surface area contributed by atoms with Gasteiger partial charge < -0.3 is 45.4 Å². The average molecular weight is 620 g/mol. The van der Waals surface area contributed by atoms with Gasteiger partial charge in [-0.2, -0.15) is 0 Å². The summed E-state index contributed by atoms with van der Waals surface area (Å²) in [4.78, 5) is 12.7. The van der Waals surface area contributed by atoms with Crippen LogP contribution in [0.15, 0.2) is 0 Å². The largest absolute Gasteiger partial charge is 0.394 e. The van der Waals surface area contributed by atoms with E-state index in [-0.39, 0.29) is 18.9 Å². The maximum Gasteiger partial charge on any atom is 0.220 e. The van der Waals surface area contributed by atoms with Crippen LogP contribution in [0, 0.1) is 0 Å². The van der Waals surface area contributed by atoms with E-state index in [1.54, 1.807) is 0 Å². The van der Waals surface area contributed by atoms with Crippen LogP contribution in [0.25, 0.3) is 0 Å². The number of carbonyl (C=O) groups is 1. The Hall–Kier alpha value is -0.850. The summed E-state index contributed by atoms with van der Waals surface area (Å²) < 4.78 is 10.9. The Morgan fingerprint density at radius 2 is 1.21 bits per heavy atom. The third-order valence-electron chi connectivity index (χ3n) is 8.53. The van der Waals surface area contributed by atoms with Crippen LogP contribution in [0.4, 0.5) is 0 Å². The van der Waals surface area contributed by atoms with Crippen LogP contribution >= 0.6 is 0 Å². The second-order valence-corrected chi connectivity index (χ2v) is 12.5. The summed E-state index contributed by atoms with van der Waals surface area (Å²) in [7, 11) is 0. The van der Waals surface area contributed by atoms with E-state index in [9.17, 15) is 35.4 Å². The van der Waals surface area contributed by atoms with Gasteiger partial charge in [0.1, 0.15) is 30.5 Å². The lowest BCUT2D eigenvalue weighted by molar-refractivity contribution is -0.303. The van der Waals surface area contributed by atoms with E-state index >= 15 is 0 Å². The molecular weight excluding hydrogens is 554 g/mol. The Labute approximate surface area is 260 Å². The summed E-state index contributed by atoms with van der Waals surface area (Å²) in [5.41, 5.74) is 0. The van der Waals surface area contributed by atoms with Crippen LogP contribution in [0.2, 0.25) is 0 Å². The number of aliphatic hydroxyl groups excluding tert-OH is 6. The zero-order valence-corrected chi connectivity index (χ0v) is 27.1. The number of unbranched alkanes of at least 4 members (excludes halogenated alkanes) is 16. The Bertz CT molecular complexity index is 668. The summed E-state index contributed by atoms with van der Waals surface area (Å²) in [6.07, 6.45) is 13.0. The van der Waals surface area contributed by atoms with Crippen molar-refractivity contribution in [3.05, 3.63) is 0 Å². The van der Waals surface area contributed by atoms with Crippen molar-refractivity contribution in [3.8, 4) is 0 Å². The lowest BCUT2D eigenvalue weighted by Crippen LogP contribution is -2.60. The molecule has 0 aromatic carbocycles. The van der Waals surface area contributed by atoms with E-state index in [0.29, 0.717) is 12.8 Å². The van der Waals surface area contributed by atoms with Crippen LogP contribution in [-0.4, -0.2) is 98.7 Å². The van der Waals surface area contributed by atoms with E-state index in [2.05, 4.69) is 12.2 Å². The molecule has 0 spiro atoms. The molecule has 10 heteroatoms. The highest BCUT2D eigenvalue weighted by Crippen LogP contribution is 2.23. The Balaban J connectivity index is 2.25. The molecule has 0 aromatic rings. The van der Waals surface area contributed by atoms with Crippen molar-refractivity contribution < 1.29 is 44.9 Å². The lowest BCUT2D eigenvalue weighted by atomic mass is 9.99. The van der Waals surface area contributed by atoms with E-state index in [1.807, 2.05) is 6.92 Å². The van der Waals surface area contributed by atoms with Crippen molar-refractivity contribution in [2.45, 2.75) is 191 Å². The number of hydrogen-bond donors (Lipinski definition) is 7. The van der Waals surface area contributed by atoms with Crippen molar-refractivity contribution in [2.24, 2.45) is 0 Å². The van der Waals surface area contributed by atoms with Crippen LogP contribution < -0.4 is 5.32 Å². The second kappa shape index (κ2) is 25.4. The summed E-state index contributed by atoms with van der Waals surface area (Å²) in [6, 6.07) is -0.979. The Morgan fingerprint density at radius 3 is 1.67 bits per heavy atom. The molecule has 256 valence electrons. The maximum atomic E-state index is 12.7. The minimum absolute atomic E-state index is 0.272. The molecule has 1 heterocycles. The first kappa shape index (κ1) is 40.2. The average Bonchev–Trinajstić information content (AvgIpc) is 3.00. The number of ether oxygens (including phenoxy) is 2. The Morgan fingerprint density at radius 1 is 0.721 bits per heavy atom. The van der Waals surface area contributed by atoms with Gasteiger partial charge in [-0.1, -0.05) is 123 Å². The number of amides is 1. The molecule has 43 heavy (non-hydrogen) atoms. The molecule has 1 aliphatic heterocycles. The summed E-state index contributed by atoms with van der Waals surface area (Å²) in [5.74, 6) is -0.272. The fourth-order valence-corrected chi connectivity index (χ4v) is 5.65. The van der Waals surface area contributed by atoms with Gasteiger partial charge in [0.05, 0.1) is 25.4 Å². The first-order chi connectivity index (χ1) is 20.8. The third-order valence-corrected chi connectivity index (χ3v) is 8.53. The molecule has 1 rings (SSSR count). The molecule has 1 aliphatic rings. The lowest BCUT2D eigenvalue weighted by Gasteiger charge is -2.40. The highest BCUT2D eigenvalue weighted by Gasteiger charge is 2.44. The highest BCUT2D eigenvalue weighted by molar-refractivity contribution is 5.76. The summed E-state index contributed by atoms with van der Waals surface area (Å²) in [5, 5.41) is 63.3. The van der Waals surface area contributed by atoms with Crippen LogP contribution in [0.5, 0.6) is 0 Å². The van der Waals surface area contributed by atoms with Crippen molar-refractivity contribution in [3.63, 3.8) is 0 Å². The number of hydrogen-bond acceptors (Lipinski definition) is 9. The van der Waals surface area contributed by atoms with E-state index in [1.165, 1.54) is 83.5 Å². The molecule has 8 atom stereocenters. The molecule has 0 unspecified atom stereocenters. The molecule has 7 N–H and O–H groups in total. The third kappa shape index (κ3) is 17.4. The fraction of sp³-hybridized carbons (Fsp3) is 0.970. The van der Waals surface area contributed by atoms with E-state index in [4.69, 9.17) is 9.47 Å². The number of aliphatic hydroxyl groups is 6.